The molecule has 3 aromatic rings. The van der Waals surface area contributed by atoms with Gasteiger partial charge in [0.15, 0.2) is 5.82 Å². The van der Waals surface area contributed by atoms with Crippen LogP contribution in [0.2, 0.25) is 0 Å². The second-order valence-electron chi connectivity index (χ2n) is 8.54. The van der Waals surface area contributed by atoms with E-state index < -0.39 is 10.0 Å². The highest BCUT2D eigenvalue weighted by atomic mass is 32.2. The molecule has 9 nitrogen and oxygen atoms in total. The molecule has 2 fully saturated rings. The van der Waals surface area contributed by atoms with Gasteiger partial charge in [0.25, 0.3) is 5.91 Å². The number of nitrogens with zero attached hydrogens (tertiary/aromatic N) is 4. The topological polar surface area (TPSA) is 105 Å². The molecule has 0 aliphatic carbocycles. The predicted octanol–water partition coefficient (Wildman–Crippen LogP) is 3.02. The normalized spacial score (nSPS) is 16.9. The maximum atomic E-state index is 12.8. The first-order valence-electron chi connectivity index (χ1n) is 11.7. The molecule has 0 radical (unpaired) electrons. The van der Waals surface area contributed by atoms with Crippen LogP contribution in [-0.2, 0) is 14.8 Å². The van der Waals surface area contributed by atoms with E-state index in [1.54, 1.807) is 12.1 Å². The summed E-state index contributed by atoms with van der Waals surface area (Å²) in [7, 11) is -3.59. The van der Waals surface area contributed by atoms with Crippen LogP contribution in [0.3, 0.4) is 0 Å². The summed E-state index contributed by atoms with van der Waals surface area (Å²) in [5, 5.41) is 11.6. The van der Waals surface area contributed by atoms with E-state index in [9.17, 15) is 13.2 Å². The number of sulfonamides is 1. The summed E-state index contributed by atoms with van der Waals surface area (Å²) in [5.74, 6) is 0.585. The van der Waals surface area contributed by atoms with Crippen molar-refractivity contribution >= 4 is 27.4 Å². The third kappa shape index (κ3) is 5.19. The number of ether oxygens (including phenoxy) is 1. The molecular formula is C25H27N5O4S. The fraction of sp³-hybridized carbons (Fsp3) is 0.320. The van der Waals surface area contributed by atoms with Crippen LogP contribution in [0, 0.1) is 0 Å². The van der Waals surface area contributed by atoms with Crippen LogP contribution in [0.4, 0.5) is 11.5 Å². The fourth-order valence-corrected chi connectivity index (χ4v) is 5.64. The molecule has 1 N–H and O–H groups in total. The van der Waals surface area contributed by atoms with E-state index in [4.69, 9.17) is 4.74 Å². The smallest absolute Gasteiger partial charge is 0.255 e. The summed E-state index contributed by atoms with van der Waals surface area (Å²) in [6, 6.07) is 17.3. The summed E-state index contributed by atoms with van der Waals surface area (Å²) in [5.41, 5.74) is 2.67. The zero-order valence-electron chi connectivity index (χ0n) is 19.3. The number of carbonyl (C=O) groups is 1. The van der Waals surface area contributed by atoms with Gasteiger partial charge in [-0.2, -0.15) is 4.31 Å². The number of anilines is 2. The van der Waals surface area contributed by atoms with Gasteiger partial charge in [-0.1, -0.05) is 12.1 Å². The number of amides is 1. The van der Waals surface area contributed by atoms with Gasteiger partial charge in [-0.05, 0) is 61.4 Å². The third-order valence-electron chi connectivity index (χ3n) is 6.24. The van der Waals surface area contributed by atoms with Crippen LogP contribution in [0.15, 0.2) is 65.6 Å². The third-order valence-corrected chi connectivity index (χ3v) is 8.16. The number of hydrogen-bond donors (Lipinski definition) is 1. The highest BCUT2D eigenvalue weighted by molar-refractivity contribution is 7.89. The average Bonchev–Trinajstić information content (AvgIpc) is 3.45. The van der Waals surface area contributed by atoms with Crippen LogP contribution in [0.25, 0.3) is 11.3 Å². The van der Waals surface area contributed by atoms with E-state index in [1.807, 2.05) is 24.3 Å². The maximum absolute atomic E-state index is 12.8. The van der Waals surface area contributed by atoms with Gasteiger partial charge >= 0.3 is 0 Å². The Morgan fingerprint density at radius 1 is 0.829 bits per heavy atom. The Morgan fingerprint density at radius 2 is 1.51 bits per heavy atom. The van der Waals surface area contributed by atoms with Gasteiger partial charge in [0.2, 0.25) is 10.0 Å². The lowest BCUT2D eigenvalue weighted by Gasteiger charge is -2.26. The molecule has 0 spiro atoms. The molecule has 35 heavy (non-hydrogen) atoms. The summed E-state index contributed by atoms with van der Waals surface area (Å²) in [4.78, 5) is 15.1. The lowest BCUT2D eigenvalue weighted by Crippen LogP contribution is -2.40. The molecule has 0 saturated carbocycles. The number of nitrogens with one attached hydrogen (secondary N) is 1. The summed E-state index contributed by atoms with van der Waals surface area (Å²) in [6.45, 7) is 3.47. The van der Waals surface area contributed by atoms with Crippen molar-refractivity contribution < 1.29 is 17.9 Å². The summed E-state index contributed by atoms with van der Waals surface area (Å²) >= 11 is 0. The highest BCUT2D eigenvalue weighted by Crippen LogP contribution is 2.23. The lowest BCUT2D eigenvalue weighted by molar-refractivity contribution is 0.0730. The zero-order chi connectivity index (χ0) is 24.3. The fourth-order valence-electron chi connectivity index (χ4n) is 4.24. The molecule has 2 aliphatic heterocycles. The number of rotatable bonds is 6. The number of benzene rings is 2. The second kappa shape index (κ2) is 10.1. The average molecular weight is 494 g/mol. The SMILES string of the molecule is O=C(Nc1ccc(-c2ccc(N3CCCC3)nn2)cc1)c1ccc(S(=O)(=O)N2CCOCC2)cc1. The van der Waals surface area contributed by atoms with Crippen molar-refractivity contribution in [3.05, 3.63) is 66.2 Å². The number of morpholine rings is 1. The van der Waals surface area contributed by atoms with E-state index in [1.165, 1.54) is 41.4 Å². The molecule has 0 atom stereocenters. The van der Waals surface area contributed by atoms with E-state index in [-0.39, 0.29) is 10.8 Å². The van der Waals surface area contributed by atoms with Crippen molar-refractivity contribution in [1.82, 2.24) is 14.5 Å². The van der Waals surface area contributed by atoms with Crippen molar-refractivity contribution in [2.45, 2.75) is 17.7 Å². The van der Waals surface area contributed by atoms with E-state index in [0.29, 0.717) is 37.6 Å². The van der Waals surface area contributed by atoms with Crippen LogP contribution in [0.1, 0.15) is 23.2 Å². The molecule has 0 bridgehead atoms. The van der Waals surface area contributed by atoms with Crippen molar-refractivity contribution in [2.75, 3.05) is 49.6 Å². The molecule has 1 amide bonds. The van der Waals surface area contributed by atoms with E-state index in [2.05, 4.69) is 20.4 Å². The van der Waals surface area contributed by atoms with Gasteiger partial charge in [-0.25, -0.2) is 8.42 Å². The molecule has 0 unspecified atom stereocenters. The van der Waals surface area contributed by atoms with Crippen LogP contribution in [-0.4, -0.2) is 68.2 Å². The Bertz CT molecular complexity index is 1270. The quantitative estimate of drug-likeness (QED) is 0.563. The molecule has 2 saturated heterocycles. The summed E-state index contributed by atoms with van der Waals surface area (Å²) in [6.07, 6.45) is 2.38. The van der Waals surface area contributed by atoms with Gasteiger partial charge in [-0.15, -0.1) is 10.2 Å². The van der Waals surface area contributed by atoms with Crippen molar-refractivity contribution in [2.24, 2.45) is 0 Å². The molecule has 1 aromatic heterocycles. The number of aromatic nitrogens is 2. The Kier molecular flexibility index (Phi) is 6.76. The minimum atomic E-state index is -3.59. The van der Waals surface area contributed by atoms with Gasteiger partial charge in [0.05, 0.1) is 23.8 Å². The molecule has 182 valence electrons. The molecule has 2 aliphatic rings. The van der Waals surface area contributed by atoms with Gasteiger partial charge in [0.1, 0.15) is 0 Å². The minimum absolute atomic E-state index is 0.164. The molecule has 5 rings (SSSR count). The largest absolute Gasteiger partial charge is 0.379 e. The van der Waals surface area contributed by atoms with Crippen LogP contribution >= 0.6 is 0 Å². The monoisotopic (exact) mass is 493 g/mol. The second-order valence-corrected chi connectivity index (χ2v) is 10.5. The predicted molar refractivity (Wildman–Crippen MR) is 133 cm³/mol. The Balaban J connectivity index is 1.22. The highest BCUT2D eigenvalue weighted by Gasteiger charge is 2.26. The van der Waals surface area contributed by atoms with Crippen LogP contribution < -0.4 is 10.2 Å². The number of carbonyl (C=O) groups excluding carboxylic acids is 1. The van der Waals surface area contributed by atoms with E-state index in [0.717, 1.165) is 30.2 Å². The van der Waals surface area contributed by atoms with Crippen molar-refractivity contribution in [3.63, 3.8) is 0 Å². The Morgan fingerprint density at radius 3 is 2.14 bits per heavy atom. The number of hydrogen-bond acceptors (Lipinski definition) is 7. The van der Waals surface area contributed by atoms with Crippen molar-refractivity contribution in [3.8, 4) is 11.3 Å². The summed E-state index contributed by atoms with van der Waals surface area (Å²) < 4.78 is 32.1. The molecular weight excluding hydrogens is 466 g/mol. The first kappa shape index (κ1) is 23.4. The Labute approximate surface area is 204 Å². The molecule has 3 heterocycles. The Hall–Kier alpha value is -3.34. The van der Waals surface area contributed by atoms with Gasteiger partial charge in [-0.3, -0.25) is 4.79 Å². The van der Waals surface area contributed by atoms with Gasteiger partial charge < -0.3 is 15.0 Å². The minimum Gasteiger partial charge on any atom is -0.379 e. The van der Waals surface area contributed by atoms with Gasteiger partial charge in [0, 0.05) is 43.0 Å². The maximum Gasteiger partial charge on any atom is 0.255 e. The first-order chi connectivity index (χ1) is 17.0. The standard InChI is InChI=1S/C25H27N5O4S/c31-25(20-5-9-22(10-6-20)35(32,33)30-15-17-34-18-16-30)26-21-7-3-19(4-8-21)23-11-12-24(28-27-23)29-13-1-2-14-29/h3-12H,1-2,13-18H2,(H,26,31). The van der Waals surface area contributed by atoms with Crippen LogP contribution in [0.5, 0.6) is 0 Å². The van der Waals surface area contributed by atoms with E-state index >= 15 is 0 Å². The van der Waals surface area contributed by atoms with Crippen molar-refractivity contribution in [1.29, 1.82) is 0 Å². The first-order valence-corrected chi connectivity index (χ1v) is 13.1. The lowest BCUT2D eigenvalue weighted by atomic mass is 10.1. The molecule has 2 aromatic carbocycles. The zero-order valence-corrected chi connectivity index (χ0v) is 20.1. The molecule has 10 heteroatoms.